The van der Waals surface area contributed by atoms with Gasteiger partial charge in [0.25, 0.3) is 0 Å². The molecule has 1 saturated heterocycles. The van der Waals surface area contributed by atoms with Gasteiger partial charge in [0.05, 0.1) is 18.1 Å². The summed E-state index contributed by atoms with van der Waals surface area (Å²) < 4.78 is 6.44. The molecule has 120 valence electrons. The molecule has 1 unspecified atom stereocenters. The van der Waals surface area contributed by atoms with Crippen molar-refractivity contribution in [3.05, 3.63) is 39.2 Å². The smallest absolute Gasteiger partial charge is 0.226 e. The monoisotopic (exact) mass is 393 g/mol. The maximum atomic E-state index is 12.1. The lowest BCUT2D eigenvalue weighted by molar-refractivity contribution is -0.116. The number of ether oxygens (including phenoxy) is 1. The molecule has 4 rings (SSSR count). The van der Waals surface area contributed by atoms with E-state index in [0.717, 1.165) is 52.2 Å². The first-order valence-electron chi connectivity index (χ1n) is 7.59. The normalized spacial score (nSPS) is 21.0. The quantitative estimate of drug-likeness (QED) is 0.850. The average molecular weight is 394 g/mol. The van der Waals surface area contributed by atoms with Crippen molar-refractivity contribution >= 4 is 44.1 Å². The fourth-order valence-corrected chi connectivity index (χ4v) is 4.43. The minimum atomic E-state index is 0.0317. The van der Waals surface area contributed by atoms with Crippen LogP contribution in [0.3, 0.4) is 0 Å². The van der Waals surface area contributed by atoms with Crippen LogP contribution in [0.5, 0.6) is 0 Å². The fourth-order valence-electron chi connectivity index (χ4n) is 2.96. The second-order valence-electron chi connectivity index (χ2n) is 5.67. The summed E-state index contributed by atoms with van der Waals surface area (Å²) in [7, 11) is 0. The molecule has 23 heavy (non-hydrogen) atoms. The summed E-state index contributed by atoms with van der Waals surface area (Å²) >= 11 is 5.15. The lowest BCUT2D eigenvalue weighted by atomic mass is 9.92. The number of benzene rings is 1. The largest absolute Gasteiger partial charge is 0.378 e. The number of hydrogen-bond acceptors (Lipinski definition) is 5. The highest BCUT2D eigenvalue weighted by atomic mass is 79.9. The number of aromatic nitrogens is 1. The first kappa shape index (κ1) is 15.1. The number of rotatable bonds is 2. The Morgan fingerprint density at radius 2 is 2.00 bits per heavy atom. The van der Waals surface area contributed by atoms with Gasteiger partial charge in [-0.25, -0.2) is 4.98 Å². The maximum absolute atomic E-state index is 12.1. The summed E-state index contributed by atoms with van der Waals surface area (Å²) in [5.74, 6) is 0.837. The Labute approximate surface area is 146 Å². The number of nitrogens with zero attached hydrogens (tertiary/aromatic N) is 2. The van der Waals surface area contributed by atoms with Crippen LogP contribution in [0.2, 0.25) is 0 Å². The standard InChI is InChI=1S/C16H16BrN3O2S/c17-11-3-1-10(2-4-11)12-9-13(21)18-15-14(12)23-16(19-15)20-5-7-22-8-6-20/h1-4,12H,5-9H2,(H,18,21). The van der Waals surface area contributed by atoms with Gasteiger partial charge in [0.15, 0.2) is 5.13 Å². The van der Waals surface area contributed by atoms with Gasteiger partial charge < -0.3 is 15.0 Å². The summed E-state index contributed by atoms with van der Waals surface area (Å²) in [6.45, 7) is 3.16. The van der Waals surface area contributed by atoms with Crippen LogP contribution in [0, 0.1) is 0 Å². The number of nitrogens with one attached hydrogen (secondary N) is 1. The van der Waals surface area contributed by atoms with Gasteiger partial charge in [-0.2, -0.15) is 0 Å². The van der Waals surface area contributed by atoms with Crippen molar-refractivity contribution in [3.8, 4) is 0 Å². The third-order valence-electron chi connectivity index (χ3n) is 4.16. The van der Waals surface area contributed by atoms with Crippen LogP contribution in [0.4, 0.5) is 10.9 Å². The molecule has 0 radical (unpaired) electrons. The van der Waals surface area contributed by atoms with Crippen LogP contribution in [-0.4, -0.2) is 37.2 Å². The lowest BCUT2D eigenvalue weighted by Crippen LogP contribution is -2.36. The van der Waals surface area contributed by atoms with Gasteiger partial charge in [-0.3, -0.25) is 4.79 Å². The molecule has 1 N–H and O–H groups in total. The highest BCUT2D eigenvalue weighted by Gasteiger charge is 2.31. The molecule has 1 amide bonds. The molecule has 2 aromatic rings. The Morgan fingerprint density at radius 1 is 1.26 bits per heavy atom. The molecule has 3 heterocycles. The van der Waals surface area contributed by atoms with Crippen LogP contribution in [0.1, 0.15) is 22.8 Å². The van der Waals surface area contributed by atoms with Gasteiger partial charge >= 0.3 is 0 Å². The minimum absolute atomic E-state index is 0.0317. The molecule has 1 fully saturated rings. The zero-order valence-electron chi connectivity index (χ0n) is 12.4. The Bertz CT molecular complexity index is 725. The van der Waals surface area contributed by atoms with Crippen LogP contribution in [-0.2, 0) is 9.53 Å². The van der Waals surface area contributed by atoms with E-state index < -0.39 is 0 Å². The number of carbonyl (C=O) groups excluding carboxylic acids is 1. The Balaban J connectivity index is 1.69. The highest BCUT2D eigenvalue weighted by molar-refractivity contribution is 9.10. The third kappa shape index (κ3) is 3.00. The van der Waals surface area contributed by atoms with Crippen molar-refractivity contribution in [2.75, 3.05) is 36.5 Å². The van der Waals surface area contributed by atoms with Gasteiger partial charge in [-0.1, -0.05) is 39.4 Å². The molecule has 0 spiro atoms. The molecular weight excluding hydrogens is 378 g/mol. The van der Waals surface area contributed by atoms with Crippen LogP contribution in [0.25, 0.3) is 0 Å². The first-order valence-corrected chi connectivity index (χ1v) is 9.20. The van der Waals surface area contributed by atoms with E-state index in [4.69, 9.17) is 4.74 Å². The zero-order chi connectivity index (χ0) is 15.8. The van der Waals surface area contributed by atoms with Crippen molar-refractivity contribution in [2.45, 2.75) is 12.3 Å². The minimum Gasteiger partial charge on any atom is -0.378 e. The Kier molecular flexibility index (Phi) is 4.09. The van der Waals surface area contributed by atoms with E-state index in [1.165, 1.54) is 0 Å². The third-order valence-corrected chi connectivity index (χ3v) is 5.92. The molecular formula is C16H16BrN3O2S. The Hall–Kier alpha value is -1.44. The second-order valence-corrected chi connectivity index (χ2v) is 7.59. The van der Waals surface area contributed by atoms with E-state index in [2.05, 4.69) is 43.3 Å². The van der Waals surface area contributed by atoms with E-state index in [1.54, 1.807) is 11.3 Å². The molecule has 7 heteroatoms. The maximum Gasteiger partial charge on any atom is 0.226 e. The molecule has 2 aliphatic heterocycles. The number of amides is 1. The summed E-state index contributed by atoms with van der Waals surface area (Å²) in [5.41, 5.74) is 1.15. The van der Waals surface area contributed by atoms with Crippen LogP contribution in [0.15, 0.2) is 28.7 Å². The SMILES string of the molecule is O=C1CC(c2ccc(Br)cc2)c2sc(N3CCOCC3)nc2N1. The number of halogens is 1. The average Bonchev–Trinajstić information content (AvgIpc) is 2.99. The number of fused-ring (bicyclic) bond motifs is 1. The number of morpholine rings is 1. The summed E-state index contributed by atoms with van der Waals surface area (Å²) in [6, 6.07) is 8.19. The van der Waals surface area contributed by atoms with Gasteiger partial charge in [-0.15, -0.1) is 0 Å². The number of thiazole rings is 1. The van der Waals surface area contributed by atoms with E-state index in [0.29, 0.717) is 6.42 Å². The summed E-state index contributed by atoms with van der Waals surface area (Å²) in [4.78, 5) is 20.1. The summed E-state index contributed by atoms with van der Waals surface area (Å²) in [5, 5.41) is 3.90. The highest BCUT2D eigenvalue weighted by Crippen LogP contribution is 2.43. The van der Waals surface area contributed by atoms with E-state index >= 15 is 0 Å². The van der Waals surface area contributed by atoms with E-state index in [1.807, 2.05) is 12.1 Å². The van der Waals surface area contributed by atoms with Gasteiger partial charge in [0, 0.05) is 29.9 Å². The molecule has 2 aliphatic rings. The van der Waals surface area contributed by atoms with Crippen molar-refractivity contribution in [1.82, 2.24) is 4.98 Å². The number of anilines is 2. The van der Waals surface area contributed by atoms with Crippen LogP contribution < -0.4 is 10.2 Å². The lowest BCUT2D eigenvalue weighted by Gasteiger charge is -2.26. The molecule has 5 nitrogen and oxygen atoms in total. The first-order chi connectivity index (χ1) is 11.2. The van der Waals surface area contributed by atoms with E-state index in [-0.39, 0.29) is 11.8 Å². The molecule has 0 saturated carbocycles. The topological polar surface area (TPSA) is 54.5 Å². The van der Waals surface area contributed by atoms with Crippen molar-refractivity contribution in [2.24, 2.45) is 0 Å². The van der Waals surface area contributed by atoms with Crippen LogP contribution >= 0.6 is 27.3 Å². The van der Waals surface area contributed by atoms with Crippen molar-refractivity contribution in [3.63, 3.8) is 0 Å². The summed E-state index contributed by atoms with van der Waals surface area (Å²) in [6.07, 6.45) is 0.472. The van der Waals surface area contributed by atoms with Gasteiger partial charge in [0.1, 0.15) is 5.82 Å². The second kappa shape index (κ2) is 6.22. The number of carbonyl (C=O) groups is 1. The predicted octanol–water partition coefficient (Wildman–Crippen LogP) is 3.22. The molecule has 1 aromatic heterocycles. The number of hydrogen-bond donors (Lipinski definition) is 1. The molecule has 0 bridgehead atoms. The fraction of sp³-hybridized carbons (Fsp3) is 0.375. The molecule has 0 aliphatic carbocycles. The van der Waals surface area contributed by atoms with Gasteiger partial charge in [-0.05, 0) is 17.7 Å². The van der Waals surface area contributed by atoms with Crippen molar-refractivity contribution < 1.29 is 9.53 Å². The van der Waals surface area contributed by atoms with Crippen molar-refractivity contribution in [1.29, 1.82) is 0 Å². The predicted molar refractivity (Wildman–Crippen MR) is 94.4 cm³/mol. The van der Waals surface area contributed by atoms with Gasteiger partial charge in [0.2, 0.25) is 5.91 Å². The molecule has 1 atom stereocenters. The molecule has 1 aromatic carbocycles. The zero-order valence-corrected chi connectivity index (χ0v) is 14.8. The van der Waals surface area contributed by atoms with E-state index in [9.17, 15) is 4.79 Å². The Morgan fingerprint density at radius 3 is 2.74 bits per heavy atom.